The fourth-order valence-corrected chi connectivity index (χ4v) is 2.09. The molecule has 0 saturated heterocycles. The molecule has 1 atom stereocenters. The van der Waals surface area contributed by atoms with E-state index in [0.29, 0.717) is 16.1 Å². The zero-order valence-electron chi connectivity index (χ0n) is 10.1. The standard InChI is InChI=1S/C14H11ClF3N/c1-7-8(3-2-4-10(7)15)14(19)9-5-6-11(16)13(18)12(9)17/h2-6,14H,19H2,1H3. The van der Waals surface area contributed by atoms with Gasteiger partial charge in [-0.05, 0) is 30.2 Å². The third kappa shape index (κ3) is 2.46. The van der Waals surface area contributed by atoms with Crippen LogP contribution >= 0.6 is 11.6 Å². The van der Waals surface area contributed by atoms with Gasteiger partial charge < -0.3 is 5.73 Å². The van der Waals surface area contributed by atoms with Crippen molar-refractivity contribution in [2.24, 2.45) is 5.73 Å². The van der Waals surface area contributed by atoms with Crippen LogP contribution in [0.2, 0.25) is 5.02 Å². The molecular formula is C14H11ClF3N. The molecule has 0 fully saturated rings. The van der Waals surface area contributed by atoms with Crippen molar-refractivity contribution in [3.05, 3.63) is 69.5 Å². The van der Waals surface area contributed by atoms with E-state index >= 15 is 0 Å². The van der Waals surface area contributed by atoms with Gasteiger partial charge in [0.05, 0.1) is 6.04 Å². The lowest BCUT2D eigenvalue weighted by Gasteiger charge is -2.17. The van der Waals surface area contributed by atoms with Crippen LogP contribution in [-0.2, 0) is 0 Å². The van der Waals surface area contributed by atoms with Crippen LogP contribution in [0.25, 0.3) is 0 Å². The Kier molecular flexibility index (Phi) is 3.83. The maximum absolute atomic E-state index is 13.7. The number of benzene rings is 2. The van der Waals surface area contributed by atoms with Gasteiger partial charge in [-0.25, -0.2) is 13.2 Å². The van der Waals surface area contributed by atoms with Crippen LogP contribution in [0, 0.1) is 24.4 Å². The highest BCUT2D eigenvalue weighted by Crippen LogP contribution is 2.29. The van der Waals surface area contributed by atoms with E-state index in [1.54, 1.807) is 25.1 Å². The van der Waals surface area contributed by atoms with Gasteiger partial charge in [-0.1, -0.05) is 29.8 Å². The van der Waals surface area contributed by atoms with E-state index < -0.39 is 23.5 Å². The molecule has 0 radical (unpaired) electrons. The lowest BCUT2D eigenvalue weighted by atomic mass is 9.95. The Bertz CT molecular complexity index is 628. The maximum Gasteiger partial charge on any atom is 0.194 e. The number of halogens is 4. The maximum atomic E-state index is 13.7. The predicted octanol–water partition coefficient (Wildman–Crippen LogP) is 4.11. The average molecular weight is 286 g/mol. The molecule has 2 rings (SSSR count). The fourth-order valence-electron chi connectivity index (χ4n) is 1.91. The summed E-state index contributed by atoms with van der Waals surface area (Å²) in [5.41, 5.74) is 7.06. The van der Waals surface area contributed by atoms with Gasteiger partial charge in [0.1, 0.15) is 0 Å². The van der Waals surface area contributed by atoms with E-state index in [0.717, 1.165) is 12.1 Å². The first-order valence-corrected chi connectivity index (χ1v) is 5.95. The zero-order chi connectivity index (χ0) is 14.2. The molecule has 0 aliphatic heterocycles. The summed E-state index contributed by atoms with van der Waals surface area (Å²) < 4.78 is 39.8. The lowest BCUT2D eigenvalue weighted by Crippen LogP contribution is -2.16. The molecule has 0 heterocycles. The van der Waals surface area contributed by atoms with E-state index in [9.17, 15) is 13.2 Å². The highest BCUT2D eigenvalue weighted by atomic mass is 35.5. The topological polar surface area (TPSA) is 26.0 Å². The van der Waals surface area contributed by atoms with Crippen molar-refractivity contribution in [1.29, 1.82) is 0 Å². The minimum Gasteiger partial charge on any atom is -0.320 e. The molecule has 100 valence electrons. The second-order valence-electron chi connectivity index (χ2n) is 4.20. The van der Waals surface area contributed by atoms with E-state index in [2.05, 4.69) is 0 Å². The summed E-state index contributed by atoms with van der Waals surface area (Å²) in [7, 11) is 0. The van der Waals surface area contributed by atoms with Crippen LogP contribution in [0.4, 0.5) is 13.2 Å². The predicted molar refractivity (Wildman–Crippen MR) is 68.5 cm³/mol. The summed E-state index contributed by atoms with van der Waals surface area (Å²) in [6, 6.07) is 6.10. The molecule has 19 heavy (non-hydrogen) atoms. The van der Waals surface area contributed by atoms with Gasteiger partial charge in [0.2, 0.25) is 0 Å². The summed E-state index contributed by atoms with van der Waals surface area (Å²) in [5.74, 6) is -4.03. The van der Waals surface area contributed by atoms with Gasteiger partial charge in [-0.15, -0.1) is 0 Å². The van der Waals surface area contributed by atoms with Gasteiger partial charge in [0.25, 0.3) is 0 Å². The second kappa shape index (κ2) is 5.23. The van der Waals surface area contributed by atoms with Crippen LogP contribution < -0.4 is 5.73 Å². The Morgan fingerprint density at radius 1 is 1.00 bits per heavy atom. The number of rotatable bonds is 2. The molecule has 2 aromatic rings. The highest BCUT2D eigenvalue weighted by Gasteiger charge is 2.21. The quantitative estimate of drug-likeness (QED) is 0.826. The van der Waals surface area contributed by atoms with Gasteiger partial charge in [-0.2, -0.15) is 0 Å². The monoisotopic (exact) mass is 285 g/mol. The third-order valence-corrected chi connectivity index (χ3v) is 3.45. The first-order valence-electron chi connectivity index (χ1n) is 5.57. The molecule has 0 aromatic heterocycles. The van der Waals surface area contributed by atoms with Crippen molar-refractivity contribution in [2.75, 3.05) is 0 Å². The molecule has 0 aliphatic rings. The molecule has 0 spiro atoms. The van der Waals surface area contributed by atoms with Gasteiger partial charge in [-0.3, -0.25) is 0 Å². The summed E-state index contributed by atoms with van der Waals surface area (Å²) in [4.78, 5) is 0. The van der Waals surface area contributed by atoms with Crippen LogP contribution in [-0.4, -0.2) is 0 Å². The first kappa shape index (κ1) is 13.9. The molecule has 0 bridgehead atoms. The Morgan fingerprint density at radius 3 is 2.37 bits per heavy atom. The Labute approximate surface area is 113 Å². The van der Waals surface area contributed by atoms with Crippen molar-refractivity contribution in [1.82, 2.24) is 0 Å². The van der Waals surface area contributed by atoms with Gasteiger partial charge in [0.15, 0.2) is 17.5 Å². The van der Waals surface area contributed by atoms with Crippen molar-refractivity contribution in [3.8, 4) is 0 Å². The molecule has 2 N–H and O–H groups in total. The van der Waals surface area contributed by atoms with Crippen LogP contribution in [0.5, 0.6) is 0 Å². The summed E-state index contributed by atoms with van der Waals surface area (Å²) in [5, 5.41) is 0.482. The van der Waals surface area contributed by atoms with E-state index in [1.807, 2.05) is 0 Å². The number of hydrogen-bond donors (Lipinski definition) is 1. The molecule has 0 amide bonds. The van der Waals surface area contributed by atoms with Crippen molar-refractivity contribution in [2.45, 2.75) is 13.0 Å². The van der Waals surface area contributed by atoms with Crippen LogP contribution in [0.3, 0.4) is 0 Å². The molecule has 1 nitrogen and oxygen atoms in total. The molecule has 0 saturated carbocycles. The van der Waals surface area contributed by atoms with Gasteiger partial charge >= 0.3 is 0 Å². The summed E-state index contributed by atoms with van der Waals surface area (Å²) >= 11 is 5.96. The molecule has 5 heteroatoms. The normalized spacial score (nSPS) is 12.5. The first-order chi connectivity index (χ1) is 8.93. The fraction of sp³-hybridized carbons (Fsp3) is 0.143. The number of hydrogen-bond acceptors (Lipinski definition) is 1. The minimum atomic E-state index is -1.52. The number of nitrogens with two attached hydrogens (primary N) is 1. The Balaban J connectivity index is 2.53. The third-order valence-electron chi connectivity index (χ3n) is 3.04. The largest absolute Gasteiger partial charge is 0.320 e. The van der Waals surface area contributed by atoms with E-state index in [-0.39, 0.29) is 5.56 Å². The lowest BCUT2D eigenvalue weighted by molar-refractivity contribution is 0.438. The Hall–Kier alpha value is -1.52. The molecule has 2 aromatic carbocycles. The molecule has 1 unspecified atom stereocenters. The molecule has 0 aliphatic carbocycles. The average Bonchev–Trinajstić information content (AvgIpc) is 2.39. The summed E-state index contributed by atoms with van der Waals surface area (Å²) in [6.07, 6.45) is 0. The van der Waals surface area contributed by atoms with Crippen molar-refractivity contribution in [3.63, 3.8) is 0 Å². The zero-order valence-corrected chi connectivity index (χ0v) is 10.8. The minimum absolute atomic E-state index is 0.107. The second-order valence-corrected chi connectivity index (χ2v) is 4.60. The Morgan fingerprint density at radius 2 is 1.68 bits per heavy atom. The van der Waals surface area contributed by atoms with Crippen LogP contribution in [0.15, 0.2) is 30.3 Å². The van der Waals surface area contributed by atoms with Crippen molar-refractivity contribution < 1.29 is 13.2 Å². The SMILES string of the molecule is Cc1c(Cl)cccc1C(N)c1ccc(F)c(F)c1F. The summed E-state index contributed by atoms with van der Waals surface area (Å²) in [6.45, 7) is 1.73. The van der Waals surface area contributed by atoms with E-state index in [1.165, 1.54) is 0 Å². The highest BCUT2D eigenvalue weighted by molar-refractivity contribution is 6.31. The van der Waals surface area contributed by atoms with Gasteiger partial charge in [0, 0.05) is 10.6 Å². The smallest absolute Gasteiger partial charge is 0.194 e. The van der Waals surface area contributed by atoms with Crippen molar-refractivity contribution >= 4 is 11.6 Å². The van der Waals surface area contributed by atoms with Crippen LogP contribution in [0.1, 0.15) is 22.7 Å². The molecular weight excluding hydrogens is 275 g/mol. The van der Waals surface area contributed by atoms with E-state index in [4.69, 9.17) is 17.3 Å².